The van der Waals surface area contributed by atoms with E-state index in [9.17, 15) is 33.9 Å². The molecule has 0 aliphatic carbocycles. The van der Waals surface area contributed by atoms with Crippen molar-refractivity contribution >= 4 is 35.5 Å². The minimum atomic E-state index is -1.44. The number of rotatable bonds is 15. The third-order valence-corrected chi connectivity index (χ3v) is 10.4. The lowest BCUT2D eigenvalue weighted by atomic mass is 10.0. The van der Waals surface area contributed by atoms with Gasteiger partial charge in [0.1, 0.15) is 24.3 Å². The van der Waals surface area contributed by atoms with Gasteiger partial charge in [0, 0.05) is 25.9 Å². The van der Waals surface area contributed by atoms with Gasteiger partial charge in [-0.25, -0.2) is 4.79 Å². The molecule has 56 heavy (non-hydrogen) atoms. The van der Waals surface area contributed by atoms with Crippen LogP contribution in [0, 0.1) is 5.92 Å². The Balaban J connectivity index is 1.33. The number of benzene rings is 3. The number of nitrogens with zero attached hydrogens (tertiary/aromatic N) is 2. The van der Waals surface area contributed by atoms with Crippen molar-refractivity contribution in [2.75, 3.05) is 13.1 Å². The van der Waals surface area contributed by atoms with Gasteiger partial charge in [-0.05, 0) is 47.9 Å². The highest BCUT2D eigenvalue weighted by atomic mass is 16.6. The highest BCUT2D eigenvalue weighted by molar-refractivity contribution is 6.38. The number of Topliss-reactive ketones (excluding diaryl/α,β-unsaturated/α-hetero) is 1. The van der Waals surface area contributed by atoms with Gasteiger partial charge in [-0.1, -0.05) is 112 Å². The lowest BCUT2D eigenvalue weighted by Crippen LogP contribution is -2.58. The van der Waals surface area contributed by atoms with E-state index < -0.39 is 77.8 Å². The molecule has 298 valence electrons. The first-order chi connectivity index (χ1) is 26.9. The molecule has 0 bridgehead atoms. The normalized spacial score (nSPS) is 18.5. The van der Waals surface area contributed by atoms with Crippen molar-refractivity contribution in [3.63, 3.8) is 0 Å². The SMILES string of the molecule is CCCC(NC(=O)[C@@H]1C[C@H](OC(=O)N2CCc3ccccc3C2)CN1C(=O)[C@@H](NC(=O)C(O)Cc1ccccc1)C(C)C)C(=O)C(=O)N[C@@H](C)c1ccccc1. The van der Waals surface area contributed by atoms with Crippen LogP contribution >= 0.6 is 0 Å². The van der Waals surface area contributed by atoms with Crippen LogP contribution in [-0.2, 0) is 48.1 Å². The topological polar surface area (TPSA) is 174 Å². The van der Waals surface area contributed by atoms with Gasteiger partial charge in [-0.2, -0.15) is 0 Å². The Kier molecular flexibility index (Phi) is 14.4. The number of ketones is 1. The van der Waals surface area contributed by atoms with Crippen LogP contribution in [0.25, 0.3) is 0 Å². The van der Waals surface area contributed by atoms with E-state index in [-0.39, 0.29) is 25.8 Å². The molecule has 5 rings (SSSR count). The first-order valence-electron chi connectivity index (χ1n) is 19.4. The van der Waals surface area contributed by atoms with Gasteiger partial charge in [0.25, 0.3) is 5.91 Å². The number of hydrogen-bond acceptors (Lipinski definition) is 8. The molecular formula is C43H53N5O8. The summed E-state index contributed by atoms with van der Waals surface area (Å²) in [5.41, 5.74) is 3.70. The second kappa shape index (κ2) is 19.3. The first kappa shape index (κ1) is 41.6. The minimum absolute atomic E-state index is 0.0317. The number of likely N-dealkylation sites (tertiary alicyclic amines) is 1. The average molecular weight is 768 g/mol. The molecule has 0 saturated carbocycles. The van der Waals surface area contributed by atoms with Crippen molar-refractivity contribution < 1.29 is 38.6 Å². The highest BCUT2D eigenvalue weighted by Gasteiger charge is 2.45. The van der Waals surface area contributed by atoms with Crippen molar-refractivity contribution in [3.05, 3.63) is 107 Å². The Morgan fingerprint density at radius 1 is 0.839 bits per heavy atom. The van der Waals surface area contributed by atoms with E-state index in [0.29, 0.717) is 25.9 Å². The molecule has 0 radical (unpaired) electrons. The largest absolute Gasteiger partial charge is 0.444 e. The maximum absolute atomic E-state index is 14.4. The molecule has 0 spiro atoms. The Hall–Kier alpha value is -5.56. The van der Waals surface area contributed by atoms with Crippen LogP contribution in [0.2, 0.25) is 0 Å². The molecule has 2 aliphatic rings. The van der Waals surface area contributed by atoms with Crippen LogP contribution in [-0.4, -0.2) is 93.8 Å². The first-order valence-corrected chi connectivity index (χ1v) is 19.4. The number of fused-ring (bicyclic) bond motifs is 1. The lowest BCUT2D eigenvalue weighted by molar-refractivity contribution is -0.145. The van der Waals surface area contributed by atoms with E-state index in [4.69, 9.17) is 4.74 Å². The van der Waals surface area contributed by atoms with Crippen molar-refractivity contribution in [1.29, 1.82) is 0 Å². The smallest absolute Gasteiger partial charge is 0.410 e. The van der Waals surface area contributed by atoms with Crippen LogP contribution < -0.4 is 16.0 Å². The summed E-state index contributed by atoms with van der Waals surface area (Å²) in [6, 6.07) is 22.0. The second-order valence-corrected chi connectivity index (χ2v) is 14.9. The summed E-state index contributed by atoms with van der Waals surface area (Å²) in [5.74, 6) is -4.20. The number of hydrogen-bond donors (Lipinski definition) is 4. The zero-order valence-corrected chi connectivity index (χ0v) is 32.5. The molecular weight excluding hydrogens is 714 g/mol. The van der Waals surface area contributed by atoms with Gasteiger partial charge in [0.2, 0.25) is 23.5 Å². The number of aliphatic hydroxyl groups is 1. The summed E-state index contributed by atoms with van der Waals surface area (Å²) in [6.07, 6.45) is -1.67. The van der Waals surface area contributed by atoms with Crippen molar-refractivity contribution in [1.82, 2.24) is 25.8 Å². The molecule has 5 amide bonds. The van der Waals surface area contributed by atoms with E-state index >= 15 is 0 Å². The maximum Gasteiger partial charge on any atom is 0.410 e. The average Bonchev–Trinajstić information content (AvgIpc) is 3.63. The standard InChI is InChI=1S/C43H53N5O8/c1-5-14-34(38(50)41(53)44-28(4)30-17-10-7-11-18-30)45-39(51)35-24-33(56-43(55)47-22-21-31-19-12-13-20-32(31)25-47)26-48(35)42(54)37(27(2)3)46-40(52)36(49)23-29-15-8-6-9-16-29/h6-13,15-20,27-28,33-37,49H,5,14,21-26H2,1-4H3,(H,44,53)(H,45,51)(H,46,52)/t28-,33-,34?,35-,36?,37-/m0/s1. The molecule has 1 fully saturated rings. The molecule has 3 aromatic carbocycles. The highest BCUT2D eigenvalue weighted by Crippen LogP contribution is 2.26. The van der Waals surface area contributed by atoms with Gasteiger partial charge < -0.3 is 35.6 Å². The minimum Gasteiger partial charge on any atom is -0.444 e. The molecule has 13 heteroatoms. The van der Waals surface area contributed by atoms with Crippen LogP contribution in [0.15, 0.2) is 84.9 Å². The zero-order valence-electron chi connectivity index (χ0n) is 32.5. The monoisotopic (exact) mass is 767 g/mol. The van der Waals surface area contributed by atoms with Crippen LogP contribution in [0.4, 0.5) is 4.79 Å². The van der Waals surface area contributed by atoms with E-state index in [1.165, 1.54) is 4.90 Å². The summed E-state index contributed by atoms with van der Waals surface area (Å²) in [6.45, 7) is 7.67. The number of aliphatic hydroxyl groups excluding tert-OH is 1. The van der Waals surface area contributed by atoms with Crippen molar-refractivity contribution in [2.45, 2.75) is 103 Å². The summed E-state index contributed by atoms with van der Waals surface area (Å²) in [4.78, 5) is 84.7. The summed E-state index contributed by atoms with van der Waals surface area (Å²) < 4.78 is 5.93. The van der Waals surface area contributed by atoms with Crippen LogP contribution in [0.1, 0.15) is 75.3 Å². The molecule has 6 atom stereocenters. The van der Waals surface area contributed by atoms with Crippen molar-refractivity contribution in [2.24, 2.45) is 5.92 Å². The second-order valence-electron chi connectivity index (χ2n) is 14.9. The molecule has 1 saturated heterocycles. The summed E-state index contributed by atoms with van der Waals surface area (Å²) in [7, 11) is 0. The predicted molar refractivity (Wildman–Crippen MR) is 209 cm³/mol. The molecule has 0 aromatic heterocycles. The number of ether oxygens (including phenoxy) is 1. The van der Waals surface area contributed by atoms with E-state index in [0.717, 1.165) is 22.3 Å². The van der Waals surface area contributed by atoms with Crippen molar-refractivity contribution in [3.8, 4) is 0 Å². The maximum atomic E-state index is 14.4. The van der Waals surface area contributed by atoms with E-state index in [1.807, 2.05) is 67.6 Å². The molecule has 13 nitrogen and oxygen atoms in total. The lowest BCUT2D eigenvalue weighted by Gasteiger charge is -2.31. The number of nitrogens with one attached hydrogen (secondary N) is 3. The summed E-state index contributed by atoms with van der Waals surface area (Å²) >= 11 is 0. The molecule has 3 aromatic rings. The predicted octanol–water partition coefficient (Wildman–Crippen LogP) is 3.63. The number of amides is 5. The quantitative estimate of drug-likeness (QED) is 0.170. The third-order valence-electron chi connectivity index (χ3n) is 10.4. The summed E-state index contributed by atoms with van der Waals surface area (Å²) in [5, 5.41) is 18.9. The zero-order chi connectivity index (χ0) is 40.4. The van der Waals surface area contributed by atoms with E-state index in [2.05, 4.69) is 16.0 Å². The fraction of sp³-hybridized carbons (Fsp3) is 0.442. The molecule has 2 heterocycles. The van der Waals surface area contributed by atoms with Crippen LogP contribution in [0.5, 0.6) is 0 Å². The van der Waals surface area contributed by atoms with Gasteiger partial charge >= 0.3 is 6.09 Å². The molecule has 4 N–H and O–H groups in total. The van der Waals surface area contributed by atoms with Gasteiger partial charge in [-0.3, -0.25) is 24.0 Å². The fourth-order valence-corrected chi connectivity index (χ4v) is 7.19. The Bertz CT molecular complexity index is 1850. The van der Waals surface area contributed by atoms with Gasteiger partial charge in [-0.15, -0.1) is 0 Å². The fourth-order valence-electron chi connectivity index (χ4n) is 7.19. The Labute approximate surface area is 328 Å². The van der Waals surface area contributed by atoms with Gasteiger partial charge in [0.15, 0.2) is 0 Å². The van der Waals surface area contributed by atoms with Crippen LogP contribution in [0.3, 0.4) is 0 Å². The Morgan fingerprint density at radius 3 is 2.14 bits per heavy atom. The molecule has 2 aliphatic heterocycles. The third kappa shape index (κ3) is 10.6. The number of carbonyl (C=O) groups is 6. The number of carbonyl (C=O) groups excluding carboxylic acids is 6. The van der Waals surface area contributed by atoms with E-state index in [1.54, 1.807) is 49.9 Å². The van der Waals surface area contributed by atoms with Gasteiger partial charge in [0.05, 0.1) is 18.6 Å². The molecule has 2 unspecified atom stereocenters. The Morgan fingerprint density at radius 2 is 1.48 bits per heavy atom.